The maximum absolute atomic E-state index is 13.2. The molecule has 1 heterocycles. The first-order valence-corrected chi connectivity index (χ1v) is 5.57. The van der Waals surface area contributed by atoms with Gasteiger partial charge in [0.1, 0.15) is 5.82 Å². The predicted octanol–water partition coefficient (Wildman–Crippen LogP) is 3.17. The van der Waals surface area contributed by atoms with Crippen LogP contribution in [0.25, 0.3) is 6.08 Å². The summed E-state index contributed by atoms with van der Waals surface area (Å²) in [7, 11) is 0. The van der Waals surface area contributed by atoms with Crippen LogP contribution in [0.4, 0.5) is 4.39 Å². The average Bonchev–Trinajstić information content (AvgIpc) is 2.14. The molecule has 0 N–H and O–H groups in total. The highest BCUT2D eigenvalue weighted by molar-refractivity contribution is 8.13. The third-order valence-corrected chi connectivity index (χ3v) is 2.47. The summed E-state index contributed by atoms with van der Waals surface area (Å²) < 4.78 is 13.2. The Hall–Kier alpha value is -0.870. The highest BCUT2D eigenvalue weighted by atomic mass is 35.5. The van der Waals surface area contributed by atoms with Crippen LogP contribution in [0.15, 0.2) is 18.3 Å². The first kappa shape index (κ1) is 12.2. The van der Waals surface area contributed by atoms with Crippen LogP contribution in [0.2, 0.25) is 5.02 Å². The molecule has 1 aromatic heterocycles. The minimum Gasteiger partial charge on any atom is -0.288 e. The fourth-order valence-electron chi connectivity index (χ4n) is 0.873. The molecule has 0 bridgehead atoms. The summed E-state index contributed by atoms with van der Waals surface area (Å²) in [4.78, 5) is 14.4. The molecule has 5 heteroatoms. The second-order valence-electron chi connectivity index (χ2n) is 2.73. The Labute approximate surface area is 96.5 Å². The molecule has 15 heavy (non-hydrogen) atoms. The molecule has 0 unspecified atom stereocenters. The van der Waals surface area contributed by atoms with Crippen molar-refractivity contribution in [1.82, 2.24) is 4.98 Å². The van der Waals surface area contributed by atoms with Gasteiger partial charge < -0.3 is 0 Å². The summed E-state index contributed by atoms with van der Waals surface area (Å²) in [5.41, 5.74) is 0.226. The van der Waals surface area contributed by atoms with Gasteiger partial charge >= 0.3 is 0 Å². The van der Waals surface area contributed by atoms with Crippen LogP contribution < -0.4 is 0 Å². The van der Waals surface area contributed by atoms with Gasteiger partial charge in [-0.2, -0.15) is 0 Å². The normalized spacial score (nSPS) is 10.9. The number of carbonyl (C=O) groups is 1. The summed E-state index contributed by atoms with van der Waals surface area (Å²) >= 11 is 6.70. The second-order valence-corrected chi connectivity index (χ2v) is 4.36. The third-order valence-electron chi connectivity index (χ3n) is 1.49. The number of pyridine rings is 1. The zero-order valence-electron chi connectivity index (χ0n) is 8.04. The van der Waals surface area contributed by atoms with Crippen molar-refractivity contribution in [2.24, 2.45) is 0 Å². The van der Waals surface area contributed by atoms with Crippen LogP contribution in [0.5, 0.6) is 0 Å². The van der Waals surface area contributed by atoms with Crippen molar-refractivity contribution >= 4 is 34.6 Å². The molecule has 1 aromatic rings. The van der Waals surface area contributed by atoms with Crippen LogP contribution in [-0.4, -0.2) is 15.9 Å². The van der Waals surface area contributed by atoms with Gasteiger partial charge in [-0.05, 0) is 12.1 Å². The Morgan fingerprint density at radius 3 is 3.07 bits per heavy atom. The molecule has 80 valence electrons. The highest BCUT2D eigenvalue weighted by Gasteiger charge is 2.00. The first-order chi connectivity index (χ1) is 7.09. The lowest BCUT2D eigenvalue weighted by Gasteiger charge is -1.95. The van der Waals surface area contributed by atoms with Crippen molar-refractivity contribution in [2.45, 2.75) is 6.92 Å². The van der Waals surface area contributed by atoms with Gasteiger partial charge in [-0.1, -0.05) is 29.4 Å². The Balaban J connectivity index is 2.60. The lowest BCUT2D eigenvalue weighted by molar-refractivity contribution is -0.109. The van der Waals surface area contributed by atoms with Crippen LogP contribution in [0.3, 0.4) is 0 Å². The van der Waals surface area contributed by atoms with E-state index in [9.17, 15) is 9.18 Å². The summed E-state index contributed by atoms with van der Waals surface area (Å²) in [5, 5.41) is 0.298. The van der Waals surface area contributed by atoms with Gasteiger partial charge in [0.05, 0.1) is 10.7 Å². The lowest BCUT2D eigenvalue weighted by atomic mass is 10.3. The van der Waals surface area contributed by atoms with Gasteiger partial charge in [0.2, 0.25) is 0 Å². The number of halogens is 2. The van der Waals surface area contributed by atoms with Crippen LogP contribution in [0.1, 0.15) is 12.6 Å². The Kier molecular flexibility index (Phi) is 4.78. The zero-order valence-corrected chi connectivity index (χ0v) is 9.61. The SMILES string of the molecule is CC(=O)SCC=Cc1ncc(Cl)cc1F. The van der Waals surface area contributed by atoms with Gasteiger partial charge in [0, 0.05) is 18.9 Å². The van der Waals surface area contributed by atoms with Crippen molar-refractivity contribution in [3.8, 4) is 0 Å². The smallest absolute Gasteiger partial charge is 0.186 e. The molecule has 1 rings (SSSR count). The van der Waals surface area contributed by atoms with Crippen LogP contribution >= 0.6 is 23.4 Å². The molecule has 0 spiro atoms. The second kappa shape index (κ2) is 5.88. The van der Waals surface area contributed by atoms with Crippen molar-refractivity contribution in [1.29, 1.82) is 0 Å². The van der Waals surface area contributed by atoms with Crippen LogP contribution in [0, 0.1) is 5.82 Å². The number of aromatic nitrogens is 1. The number of thioether (sulfide) groups is 1. The average molecular weight is 246 g/mol. The van der Waals surface area contributed by atoms with E-state index in [0.717, 1.165) is 11.8 Å². The van der Waals surface area contributed by atoms with E-state index in [1.807, 2.05) is 0 Å². The Morgan fingerprint density at radius 1 is 1.73 bits per heavy atom. The summed E-state index contributed by atoms with van der Waals surface area (Å²) in [6, 6.07) is 1.20. The quantitative estimate of drug-likeness (QED) is 0.819. The maximum Gasteiger partial charge on any atom is 0.186 e. The van der Waals surface area contributed by atoms with E-state index in [4.69, 9.17) is 11.6 Å². The maximum atomic E-state index is 13.2. The molecule has 0 saturated carbocycles. The first-order valence-electron chi connectivity index (χ1n) is 4.20. The van der Waals surface area contributed by atoms with E-state index in [1.54, 1.807) is 6.08 Å². The Bertz CT molecular complexity index is 395. The highest BCUT2D eigenvalue weighted by Crippen LogP contribution is 2.13. The van der Waals surface area contributed by atoms with Gasteiger partial charge in [-0.15, -0.1) is 0 Å². The van der Waals surface area contributed by atoms with Crippen molar-refractivity contribution in [3.63, 3.8) is 0 Å². The number of nitrogens with zero attached hydrogens (tertiary/aromatic N) is 1. The Morgan fingerprint density at radius 2 is 2.47 bits per heavy atom. The molecule has 0 fully saturated rings. The standard InChI is InChI=1S/C10H9ClFNOS/c1-7(14)15-4-2-3-10-9(12)5-8(11)6-13-10/h2-3,5-6H,4H2,1H3. The molecular formula is C10H9ClFNOS. The lowest BCUT2D eigenvalue weighted by Crippen LogP contribution is -1.87. The molecule has 0 aliphatic carbocycles. The van der Waals surface area contributed by atoms with E-state index in [0.29, 0.717) is 5.75 Å². The fourth-order valence-corrected chi connectivity index (χ4v) is 1.44. The summed E-state index contributed by atoms with van der Waals surface area (Å²) in [6.45, 7) is 1.49. The number of carbonyl (C=O) groups excluding carboxylic acids is 1. The molecule has 0 aliphatic rings. The van der Waals surface area contributed by atoms with E-state index in [1.165, 1.54) is 25.3 Å². The number of rotatable bonds is 3. The molecule has 0 aliphatic heterocycles. The number of hydrogen-bond donors (Lipinski definition) is 0. The molecular weight excluding hydrogens is 237 g/mol. The van der Waals surface area contributed by atoms with Gasteiger partial charge in [-0.25, -0.2) is 4.39 Å². The van der Waals surface area contributed by atoms with E-state index >= 15 is 0 Å². The zero-order chi connectivity index (χ0) is 11.3. The summed E-state index contributed by atoms with van der Waals surface area (Å²) in [6.07, 6.45) is 4.59. The minimum absolute atomic E-state index is 0.0317. The molecule has 2 nitrogen and oxygen atoms in total. The minimum atomic E-state index is -0.466. The van der Waals surface area contributed by atoms with E-state index in [2.05, 4.69) is 4.98 Å². The molecule has 0 saturated heterocycles. The van der Waals surface area contributed by atoms with Gasteiger partial charge in [0.25, 0.3) is 0 Å². The van der Waals surface area contributed by atoms with E-state index in [-0.39, 0.29) is 15.8 Å². The topological polar surface area (TPSA) is 30.0 Å². The largest absolute Gasteiger partial charge is 0.288 e. The van der Waals surface area contributed by atoms with Crippen molar-refractivity contribution in [3.05, 3.63) is 34.9 Å². The third kappa shape index (κ3) is 4.44. The van der Waals surface area contributed by atoms with Crippen molar-refractivity contribution < 1.29 is 9.18 Å². The van der Waals surface area contributed by atoms with Gasteiger partial charge in [-0.3, -0.25) is 9.78 Å². The molecule has 0 aromatic carbocycles. The fraction of sp³-hybridized carbons (Fsp3) is 0.200. The molecule has 0 amide bonds. The number of hydrogen-bond acceptors (Lipinski definition) is 3. The van der Waals surface area contributed by atoms with E-state index < -0.39 is 5.82 Å². The summed E-state index contributed by atoms with van der Waals surface area (Å²) in [5.74, 6) is 0.0468. The van der Waals surface area contributed by atoms with Crippen molar-refractivity contribution in [2.75, 3.05) is 5.75 Å². The van der Waals surface area contributed by atoms with Crippen LogP contribution in [-0.2, 0) is 4.79 Å². The molecule has 0 radical (unpaired) electrons. The predicted molar refractivity (Wildman–Crippen MR) is 61.4 cm³/mol. The van der Waals surface area contributed by atoms with Gasteiger partial charge in [0.15, 0.2) is 5.12 Å². The monoisotopic (exact) mass is 245 g/mol. The molecule has 0 atom stereocenters.